The van der Waals surface area contributed by atoms with Gasteiger partial charge in [-0.3, -0.25) is 0 Å². The number of hydrogen-bond acceptors (Lipinski definition) is 1. The summed E-state index contributed by atoms with van der Waals surface area (Å²) in [5.41, 5.74) is 0.380. The lowest BCUT2D eigenvalue weighted by Crippen LogP contribution is -2.15. The highest BCUT2D eigenvalue weighted by Crippen LogP contribution is 2.17. The molecule has 0 spiro atoms. The Bertz CT molecular complexity index is 326. The van der Waals surface area contributed by atoms with Gasteiger partial charge in [0.15, 0.2) is 0 Å². The topological polar surface area (TPSA) is 12.0 Å². The van der Waals surface area contributed by atoms with Crippen molar-refractivity contribution < 1.29 is 8.78 Å². The molecule has 1 rings (SSSR count). The van der Waals surface area contributed by atoms with Crippen molar-refractivity contribution in [3.8, 4) is 0 Å². The first-order valence-electron chi connectivity index (χ1n) is 5.85. The van der Waals surface area contributed by atoms with Crippen molar-refractivity contribution in [1.82, 2.24) is 0 Å². The Hall–Kier alpha value is -1.12. The number of benzene rings is 1. The summed E-state index contributed by atoms with van der Waals surface area (Å²) in [6.07, 6.45) is 4.51. The van der Waals surface area contributed by atoms with Crippen LogP contribution in [-0.2, 0) is 0 Å². The van der Waals surface area contributed by atoms with Crippen LogP contribution in [0.5, 0.6) is 0 Å². The third-order valence-corrected chi connectivity index (χ3v) is 2.57. The van der Waals surface area contributed by atoms with E-state index in [1.807, 2.05) is 6.92 Å². The van der Waals surface area contributed by atoms with Crippen LogP contribution < -0.4 is 5.32 Å². The maximum atomic E-state index is 13.3. The predicted molar refractivity (Wildman–Crippen MR) is 63.6 cm³/mol. The summed E-state index contributed by atoms with van der Waals surface area (Å²) in [5, 5.41) is 3.05. The van der Waals surface area contributed by atoms with Gasteiger partial charge in [-0.2, -0.15) is 0 Å². The van der Waals surface area contributed by atoms with Crippen LogP contribution in [0.3, 0.4) is 0 Å². The van der Waals surface area contributed by atoms with E-state index in [9.17, 15) is 8.78 Å². The average molecular weight is 227 g/mol. The Morgan fingerprint density at radius 2 is 2.00 bits per heavy atom. The van der Waals surface area contributed by atoms with E-state index in [1.165, 1.54) is 25.0 Å². The van der Waals surface area contributed by atoms with Crippen LogP contribution in [0.15, 0.2) is 18.2 Å². The molecule has 0 radical (unpaired) electrons. The molecule has 3 heteroatoms. The number of halogens is 2. The Kier molecular flexibility index (Phi) is 5.23. The van der Waals surface area contributed by atoms with Gasteiger partial charge in [0.1, 0.15) is 11.6 Å². The summed E-state index contributed by atoms with van der Waals surface area (Å²) in [7, 11) is 0. The summed E-state index contributed by atoms with van der Waals surface area (Å²) in [6.45, 7) is 4.16. The third kappa shape index (κ3) is 4.17. The van der Waals surface area contributed by atoms with Gasteiger partial charge in [-0.1, -0.05) is 26.2 Å². The van der Waals surface area contributed by atoms with Crippen LogP contribution >= 0.6 is 0 Å². The molecular weight excluding hydrogens is 208 g/mol. The molecule has 0 aliphatic rings. The van der Waals surface area contributed by atoms with Gasteiger partial charge in [0.25, 0.3) is 0 Å². The molecule has 90 valence electrons. The third-order valence-electron chi connectivity index (χ3n) is 2.57. The number of unbranched alkanes of at least 4 members (excludes halogenated alkanes) is 2. The summed E-state index contributed by atoms with van der Waals surface area (Å²) in [6, 6.07) is 3.83. The fourth-order valence-corrected chi connectivity index (χ4v) is 1.64. The van der Waals surface area contributed by atoms with Gasteiger partial charge >= 0.3 is 0 Å². The monoisotopic (exact) mass is 227 g/mol. The maximum Gasteiger partial charge on any atom is 0.149 e. The quantitative estimate of drug-likeness (QED) is 0.712. The molecule has 1 N–H and O–H groups in total. The lowest BCUT2D eigenvalue weighted by molar-refractivity contribution is 0.577. The van der Waals surface area contributed by atoms with Gasteiger partial charge in [0.2, 0.25) is 0 Å². The van der Waals surface area contributed by atoms with Gasteiger partial charge in [-0.05, 0) is 25.5 Å². The van der Waals surface area contributed by atoms with Crippen molar-refractivity contribution in [3.63, 3.8) is 0 Å². The van der Waals surface area contributed by atoms with Crippen LogP contribution in [0, 0.1) is 11.6 Å². The van der Waals surface area contributed by atoms with Crippen molar-refractivity contribution >= 4 is 5.69 Å². The molecule has 0 aliphatic heterocycles. The minimum atomic E-state index is -0.540. The van der Waals surface area contributed by atoms with Gasteiger partial charge in [0, 0.05) is 12.1 Å². The highest BCUT2D eigenvalue weighted by atomic mass is 19.1. The predicted octanol–water partition coefficient (Wildman–Crippen LogP) is 4.35. The lowest BCUT2D eigenvalue weighted by atomic mass is 10.1. The van der Waals surface area contributed by atoms with Crippen molar-refractivity contribution in [2.24, 2.45) is 0 Å². The van der Waals surface area contributed by atoms with E-state index in [2.05, 4.69) is 12.2 Å². The number of rotatable bonds is 6. The normalized spacial score (nSPS) is 12.5. The van der Waals surface area contributed by atoms with Gasteiger partial charge in [0.05, 0.1) is 5.69 Å². The second-order valence-corrected chi connectivity index (χ2v) is 4.17. The van der Waals surface area contributed by atoms with Crippen LogP contribution in [0.2, 0.25) is 0 Å². The molecule has 0 saturated heterocycles. The Labute approximate surface area is 95.9 Å². The molecule has 0 heterocycles. The minimum Gasteiger partial charge on any atom is -0.380 e. The minimum absolute atomic E-state index is 0.214. The van der Waals surface area contributed by atoms with Crippen molar-refractivity contribution in [3.05, 3.63) is 29.8 Å². The number of hydrogen-bond donors (Lipinski definition) is 1. The van der Waals surface area contributed by atoms with Crippen LogP contribution in [0.4, 0.5) is 14.5 Å². The van der Waals surface area contributed by atoms with Gasteiger partial charge in [-0.15, -0.1) is 0 Å². The fraction of sp³-hybridized carbons (Fsp3) is 0.538. The van der Waals surface area contributed by atoms with Crippen molar-refractivity contribution in [2.45, 2.75) is 45.6 Å². The van der Waals surface area contributed by atoms with Gasteiger partial charge < -0.3 is 5.32 Å². The number of anilines is 1. The number of nitrogens with one attached hydrogen (secondary N) is 1. The highest BCUT2D eigenvalue weighted by Gasteiger charge is 2.06. The van der Waals surface area contributed by atoms with Crippen molar-refractivity contribution in [2.75, 3.05) is 5.32 Å². The molecule has 1 aromatic rings. The first-order valence-corrected chi connectivity index (χ1v) is 5.85. The molecule has 1 aromatic carbocycles. The molecular formula is C13H19F2N. The van der Waals surface area contributed by atoms with Crippen molar-refractivity contribution in [1.29, 1.82) is 0 Å². The van der Waals surface area contributed by atoms with E-state index in [4.69, 9.17) is 0 Å². The Morgan fingerprint density at radius 1 is 1.25 bits per heavy atom. The van der Waals surface area contributed by atoms with Crippen LogP contribution in [0.25, 0.3) is 0 Å². The molecule has 0 fully saturated rings. The SMILES string of the molecule is CCCCCC(C)Nc1ccc(F)cc1F. The molecule has 0 amide bonds. The largest absolute Gasteiger partial charge is 0.380 e. The standard InChI is InChI=1S/C13H19F2N/c1-3-4-5-6-10(2)16-13-8-7-11(14)9-12(13)15/h7-10,16H,3-6H2,1-2H3. The van der Waals surface area contributed by atoms with E-state index in [1.54, 1.807) is 0 Å². The van der Waals surface area contributed by atoms with Gasteiger partial charge in [-0.25, -0.2) is 8.78 Å². The van der Waals surface area contributed by atoms with E-state index in [0.29, 0.717) is 5.69 Å². The molecule has 0 aliphatic carbocycles. The second-order valence-electron chi connectivity index (χ2n) is 4.17. The molecule has 0 aromatic heterocycles. The summed E-state index contributed by atoms with van der Waals surface area (Å²) >= 11 is 0. The molecule has 1 unspecified atom stereocenters. The molecule has 0 bridgehead atoms. The van der Waals surface area contributed by atoms with E-state index < -0.39 is 11.6 Å². The first-order chi connectivity index (χ1) is 7.63. The zero-order valence-electron chi connectivity index (χ0n) is 9.89. The zero-order chi connectivity index (χ0) is 12.0. The Balaban J connectivity index is 2.46. The van der Waals surface area contributed by atoms with E-state index in [-0.39, 0.29) is 6.04 Å². The fourth-order valence-electron chi connectivity index (χ4n) is 1.64. The Morgan fingerprint density at radius 3 is 2.62 bits per heavy atom. The smallest absolute Gasteiger partial charge is 0.149 e. The lowest BCUT2D eigenvalue weighted by Gasteiger charge is -2.15. The summed E-state index contributed by atoms with van der Waals surface area (Å²) in [4.78, 5) is 0. The molecule has 1 nitrogen and oxygen atoms in total. The zero-order valence-corrected chi connectivity index (χ0v) is 9.89. The summed E-state index contributed by atoms with van der Waals surface area (Å²) < 4.78 is 26.0. The highest BCUT2D eigenvalue weighted by molar-refractivity contribution is 5.45. The van der Waals surface area contributed by atoms with E-state index >= 15 is 0 Å². The molecule has 1 atom stereocenters. The van der Waals surface area contributed by atoms with Crippen LogP contribution in [0.1, 0.15) is 39.5 Å². The molecule has 16 heavy (non-hydrogen) atoms. The second kappa shape index (κ2) is 6.46. The average Bonchev–Trinajstić information content (AvgIpc) is 2.23. The maximum absolute atomic E-state index is 13.3. The molecule has 0 saturated carbocycles. The first kappa shape index (κ1) is 12.9. The van der Waals surface area contributed by atoms with Crippen LogP contribution in [-0.4, -0.2) is 6.04 Å². The summed E-state index contributed by atoms with van der Waals surface area (Å²) in [5.74, 6) is -1.07. The van der Waals surface area contributed by atoms with E-state index in [0.717, 1.165) is 18.9 Å².